The van der Waals surface area contributed by atoms with E-state index in [2.05, 4.69) is 0 Å². The average molecular weight is 410 g/mol. The van der Waals surface area contributed by atoms with Gasteiger partial charge in [-0.1, -0.05) is 24.3 Å². The van der Waals surface area contributed by atoms with Gasteiger partial charge < -0.3 is 24.8 Å². The number of nitrogens with two attached hydrogens (primary N) is 1. The summed E-state index contributed by atoms with van der Waals surface area (Å²) in [5.41, 5.74) is 6.51. The molecule has 2 N–H and O–H groups in total. The Morgan fingerprint density at radius 2 is 1.77 bits per heavy atom. The van der Waals surface area contributed by atoms with E-state index in [1.54, 1.807) is 48.5 Å². The molecule has 0 bridgehead atoms. The van der Waals surface area contributed by atoms with Crippen LogP contribution in [0.25, 0.3) is 6.08 Å². The van der Waals surface area contributed by atoms with Gasteiger partial charge in [0.25, 0.3) is 5.91 Å². The predicted octanol–water partition coefficient (Wildman–Crippen LogP) is 1.92. The van der Waals surface area contributed by atoms with Crippen LogP contribution in [0.3, 0.4) is 0 Å². The number of hydrogen-bond acceptors (Lipinski definition) is 6. The normalized spacial score (nSPS) is 12.4. The van der Waals surface area contributed by atoms with E-state index >= 15 is 0 Å². The van der Waals surface area contributed by atoms with E-state index in [9.17, 15) is 14.4 Å². The van der Waals surface area contributed by atoms with E-state index in [1.807, 2.05) is 6.07 Å². The van der Waals surface area contributed by atoms with E-state index in [0.29, 0.717) is 30.4 Å². The van der Waals surface area contributed by atoms with Gasteiger partial charge >= 0.3 is 5.97 Å². The monoisotopic (exact) mass is 410 g/mol. The zero-order valence-electron chi connectivity index (χ0n) is 16.3. The van der Waals surface area contributed by atoms with Crippen molar-refractivity contribution in [1.29, 1.82) is 0 Å². The van der Waals surface area contributed by atoms with Gasteiger partial charge in [0.2, 0.25) is 5.91 Å². The summed E-state index contributed by atoms with van der Waals surface area (Å²) >= 11 is 0. The van der Waals surface area contributed by atoms with Crippen LogP contribution in [0, 0.1) is 0 Å². The van der Waals surface area contributed by atoms with Crippen molar-refractivity contribution in [3.05, 3.63) is 60.2 Å². The van der Waals surface area contributed by atoms with Crippen molar-refractivity contribution in [2.45, 2.75) is 6.42 Å². The second-order valence-electron chi connectivity index (χ2n) is 6.44. The minimum absolute atomic E-state index is 0.00139. The third-order valence-electron chi connectivity index (χ3n) is 4.27. The zero-order chi connectivity index (χ0) is 21.3. The second kappa shape index (κ2) is 10.1. The van der Waals surface area contributed by atoms with Crippen LogP contribution in [-0.2, 0) is 19.1 Å². The molecule has 0 aromatic heterocycles. The number of anilines is 1. The molecule has 0 atom stereocenters. The topological polar surface area (TPSA) is 108 Å². The fourth-order valence-corrected chi connectivity index (χ4v) is 2.81. The molecule has 2 amide bonds. The van der Waals surface area contributed by atoms with Crippen molar-refractivity contribution in [2.75, 3.05) is 31.3 Å². The lowest BCUT2D eigenvalue weighted by Gasteiger charge is -2.22. The number of fused-ring (bicyclic) bond motifs is 1. The third kappa shape index (κ3) is 5.84. The first kappa shape index (κ1) is 20.9. The first-order chi connectivity index (χ1) is 14.5. The molecule has 0 saturated heterocycles. The van der Waals surface area contributed by atoms with Crippen molar-refractivity contribution < 1.29 is 28.6 Å². The second-order valence-corrected chi connectivity index (χ2v) is 6.44. The maximum Gasteiger partial charge on any atom is 0.331 e. The molecule has 0 saturated carbocycles. The van der Waals surface area contributed by atoms with Crippen molar-refractivity contribution >= 4 is 29.5 Å². The predicted molar refractivity (Wildman–Crippen MR) is 110 cm³/mol. The fraction of sp³-hybridized carbons (Fsp3) is 0.227. The first-order valence-corrected chi connectivity index (χ1v) is 9.41. The van der Waals surface area contributed by atoms with Crippen LogP contribution in [0.5, 0.6) is 11.5 Å². The maximum absolute atomic E-state index is 12.5. The lowest BCUT2D eigenvalue weighted by atomic mass is 10.2. The summed E-state index contributed by atoms with van der Waals surface area (Å²) in [6.45, 7) is 0.612. The van der Waals surface area contributed by atoms with E-state index in [1.165, 1.54) is 11.0 Å². The van der Waals surface area contributed by atoms with Gasteiger partial charge in [-0.3, -0.25) is 9.59 Å². The lowest BCUT2D eigenvalue weighted by Crippen LogP contribution is -2.37. The zero-order valence-corrected chi connectivity index (χ0v) is 16.3. The quantitative estimate of drug-likeness (QED) is 0.526. The molecule has 0 unspecified atom stereocenters. The number of nitrogens with zero attached hydrogens (tertiary/aromatic N) is 1. The number of ether oxygens (including phenoxy) is 3. The van der Waals surface area contributed by atoms with Crippen molar-refractivity contribution in [3.63, 3.8) is 0 Å². The number of amides is 2. The lowest BCUT2D eigenvalue weighted by molar-refractivity contribution is -0.143. The fourth-order valence-electron chi connectivity index (χ4n) is 2.81. The summed E-state index contributed by atoms with van der Waals surface area (Å²) in [7, 11) is 0. The molecule has 30 heavy (non-hydrogen) atoms. The number of hydrogen-bond donors (Lipinski definition) is 1. The molecule has 0 radical (unpaired) electrons. The van der Waals surface area contributed by atoms with Crippen LogP contribution in [0.15, 0.2) is 54.6 Å². The number of para-hydroxylation sites is 1. The number of benzene rings is 2. The SMILES string of the molecule is NC(=O)CCN(C(=O)COC(=O)/C=C/c1ccc2c(c1)OCCO2)c1ccccc1. The number of rotatable bonds is 8. The summed E-state index contributed by atoms with van der Waals surface area (Å²) in [6, 6.07) is 14.1. The van der Waals surface area contributed by atoms with E-state index in [0.717, 1.165) is 5.56 Å². The van der Waals surface area contributed by atoms with Crippen LogP contribution < -0.4 is 20.1 Å². The van der Waals surface area contributed by atoms with Gasteiger partial charge in [-0.05, 0) is 35.9 Å². The van der Waals surface area contributed by atoms with Gasteiger partial charge in [0.05, 0.1) is 0 Å². The summed E-state index contributed by atoms with van der Waals surface area (Å²) in [5, 5.41) is 0. The van der Waals surface area contributed by atoms with Crippen LogP contribution in [0.2, 0.25) is 0 Å². The highest BCUT2D eigenvalue weighted by atomic mass is 16.6. The van der Waals surface area contributed by atoms with E-state index in [4.69, 9.17) is 19.9 Å². The standard InChI is InChI=1S/C22H22N2O6/c23-20(25)10-11-24(17-4-2-1-3-5-17)21(26)15-30-22(27)9-7-16-6-8-18-19(14-16)29-13-12-28-18/h1-9,14H,10-13,15H2,(H2,23,25)/b9-7+. The molecule has 156 valence electrons. The molecule has 8 heteroatoms. The smallest absolute Gasteiger partial charge is 0.331 e. The van der Waals surface area contributed by atoms with Crippen LogP contribution in [0.1, 0.15) is 12.0 Å². The summed E-state index contributed by atoms with van der Waals surface area (Å²) in [5.74, 6) is -0.379. The number of carbonyl (C=O) groups is 3. The van der Waals surface area contributed by atoms with Crippen molar-refractivity contribution in [2.24, 2.45) is 5.73 Å². The van der Waals surface area contributed by atoms with Crippen molar-refractivity contribution in [1.82, 2.24) is 0 Å². The first-order valence-electron chi connectivity index (χ1n) is 9.41. The Morgan fingerprint density at radius 3 is 2.50 bits per heavy atom. The molecule has 8 nitrogen and oxygen atoms in total. The number of esters is 1. The Bertz CT molecular complexity index is 942. The highest BCUT2D eigenvalue weighted by Crippen LogP contribution is 2.31. The molecule has 0 spiro atoms. The molecule has 0 aliphatic carbocycles. The molecular weight excluding hydrogens is 388 g/mol. The Balaban J connectivity index is 1.57. The van der Waals surface area contributed by atoms with E-state index in [-0.39, 0.29) is 13.0 Å². The molecule has 0 fully saturated rings. The number of primary amides is 1. The molecule has 2 aromatic rings. The van der Waals surface area contributed by atoms with Crippen LogP contribution >= 0.6 is 0 Å². The molecule has 3 rings (SSSR count). The highest BCUT2D eigenvalue weighted by molar-refractivity contribution is 5.97. The minimum atomic E-state index is -0.666. The Labute approximate surface area is 173 Å². The van der Waals surface area contributed by atoms with Crippen LogP contribution in [-0.4, -0.2) is 44.1 Å². The van der Waals surface area contributed by atoms with Gasteiger partial charge in [-0.25, -0.2) is 4.79 Å². The molecule has 1 heterocycles. The van der Waals surface area contributed by atoms with Crippen molar-refractivity contribution in [3.8, 4) is 11.5 Å². The molecule has 2 aromatic carbocycles. The Hall–Kier alpha value is -3.81. The summed E-state index contributed by atoms with van der Waals surface area (Å²) in [4.78, 5) is 37.0. The maximum atomic E-state index is 12.5. The Kier molecular flexibility index (Phi) is 7.05. The third-order valence-corrected chi connectivity index (χ3v) is 4.27. The van der Waals surface area contributed by atoms with E-state index < -0.39 is 24.4 Å². The Morgan fingerprint density at radius 1 is 1.03 bits per heavy atom. The van der Waals surface area contributed by atoms with Gasteiger partial charge in [0.1, 0.15) is 13.2 Å². The molecule has 1 aliphatic heterocycles. The molecular formula is C22H22N2O6. The van der Waals surface area contributed by atoms with Gasteiger partial charge in [-0.2, -0.15) is 0 Å². The molecule has 1 aliphatic rings. The average Bonchev–Trinajstić information content (AvgIpc) is 2.76. The van der Waals surface area contributed by atoms with Gasteiger partial charge in [0.15, 0.2) is 18.1 Å². The van der Waals surface area contributed by atoms with Crippen LogP contribution in [0.4, 0.5) is 5.69 Å². The minimum Gasteiger partial charge on any atom is -0.486 e. The number of carbonyl (C=O) groups excluding carboxylic acids is 3. The van der Waals surface area contributed by atoms with Gasteiger partial charge in [-0.15, -0.1) is 0 Å². The van der Waals surface area contributed by atoms with Gasteiger partial charge in [0, 0.05) is 24.7 Å². The summed E-state index contributed by atoms with van der Waals surface area (Å²) in [6.07, 6.45) is 2.79. The largest absolute Gasteiger partial charge is 0.486 e. The highest BCUT2D eigenvalue weighted by Gasteiger charge is 2.18. The summed E-state index contributed by atoms with van der Waals surface area (Å²) < 4.78 is 16.0.